The Kier molecular flexibility index (Phi) is 3.15. The quantitative estimate of drug-likeness (QED) is 0.773. The molecule has 1 aromatic heterocycles. The van der Waals surface area contributed by atoms with Crippen LogP contribution < -0.4 is 0 Å². The molecule has 1 nitrogen and oxygen atoms in total. The maximum atomic E-state index is 9.85. The molecule has 0 amide bonds. The molecule has 5 heteroatoms. The first-order valence-corrected chi connectivity index (χ1v) is 6.22. The molecule has 0 spiro atoms. The van der Waals surface area contributed by atoms with E-state index in [0.717, 1.165) is 10.1 Å². The summed E-state index contributed by atoms with van der Waals surface area (Å²) in [5.74, 6) is 0. The van der Waals surface area contributed by atoms with Crippen molar-refractivity contribution in [1.82, 2.24) is 0 Å². The molecule has 0 bridgehead atoms. The lowest BCUT2D eigenvalue weighted by Gasteiger charge is -2.18. The lowest BCUT2D eigenvalue weighted by molar-refractivity contribution is 0.184. The molecule has 0 saturated carbocycles. The lowest BCUT2D eigenvalue weighted by atomic mass is 10.1. The van der Waals surface area contributed by atoms with Gasteiger partial charge in [-0.2, -0.15) is 0 Å². The molecule has 1 atom stereocenters. The lowest BCUT2D eigenvalue weighted by Crippen LogP contribution is -2.15. The molecule has 15 heavy (non-hydrogen) atoms. The zero-order valence-corrected chi connectivity index (χ0v) is 10.5. The molecule has 0 aliphatic carbocycles. The van der Waals surface area contributed by atoms with Crippen LogP contribution in [-0.2, 0) is 0 Å². The largest absolute Gasteiger partial charge is 0.384 e. The van der Waals surface area contributed by atoms with Crippen molar-refractivity contribution in [3.8, 4) is 0 Å². The van der Waals surface area contributed by atoms with E-state index in [-0.39, 0.29) is 0 Å². The van der Waals surface area contributed by atoms with Crippen LogP contribution in [0.1, 0.15) is 11.7 Å². The third kappa shape index (κ3) is 2.24. The van der Waals surface area contributed by atoms with Gasteiger partial charge in [-0.3, -0.25) is 0 Å². The Morgan fingerprint density at radius 1 is 1.20 bits per heavy atom. The van der Waals surface area contributed by atoms with Gasteiger partial charge in [0.2, 0.25) is 3.79 Å². The first-order valence-electron chi connectivity index (χ1n) is 4.21. The highest BCUT2D eigenvalue weighted by Crippen LogP contribution is 2.43. The number of rotatable bonds is 1. The maximum absolute atomic E-state index is 9.85. The number of alkyl halides is 3. The van der Waals surface area contributed by atoms with E-state index in [2.05, 4.69) is 0 Å². The van der Waals surface area contributed by atoms with Crippen molar-refractivity contribution in [2.75, 3.05) is 0 Å². The molecule has 1 unspecified atom stereocenters. The molecule has 1 aromatic carbocycles. The van der Waals surface area contributed by atoms with Crippen LogP contribution in [0.4, 0.5) is 0 Å². The Bertz CT molecular complexity index is 475. The van der Waals surface area contributed by atoms with E-state index in [1.54, 1.807) is 0 Å². The van der Waals surface area contributed by atoms with E-state index in [1.807, 2.05) is 29.6 Å². The summed E-state index contributed by atoms with van der Waals surface area (Å²) in [5, 5.41) is 12.6. The van der Waals surface area contributed by atoms with Crippen molar-refractivity contribution >= 4 is 56.2 Å². The minimum absolute atomic E-state index is 0.663. The first kappa shape index (κ1) is 11.5. The molecule has 0 radical (unpaired) electrons. The molecule has 80 valence electrons. The van der Waals surface area contributed by atoms with Crippen molar-refractivity contribution in [1.29, 1.82) is 0 Å². The molecule has 1 N–H and O–H groups in total. The zero-order chi connectivity index (χ0) is 11.1. The number of halogens is 3. The third-order valence-corrected chi connectivity index (χ3v) is 3.72. The van der Waals surface area contributed by atoms with Gasteiger partial charge < -0.3 is 5.11 Å². The number of hydrogen-bond donors (Lipinski definition) is 1. The first-order chi connectivity index (χ1) is 7.00. The topological polar surface area (TPSA) is 20.2 Å². The van der Waals surface area contributed by atoms with Crippen LogP contribution in [0.5, 0.6) is 0 Å². The minimum Gasteiger partial charge on any atom is -0.384 e. The number of hydrogen-bond acceptors (Lipinski definition) is 2. The average Bonchev–Trinajstić information content (AvgIpc) is 2.58. The predicted molar refractivity (Wildman–Crippen MR) is 67.1 cm³/mol. The number of aliphatic hydroxyl groups is 1. The minimum atomic E-state index is -1.69. The fraction of sp³-hybridized carbons (Fsp3) is 0.200. The Labute approximate surface area is 106 Å². The number of fused-ring (bicyclic) bond motifs is 1. The molecule has 0 aliphatic rings. The van der Waals surface area contributed by atoms with Crippen LogP contribution in [0.2, 0.25) is 0 Å². The number of thiophene rings is 1. The van der Waals surface area contributed by atoms with Gasteiger partial charge in [-0.25, -0.2) is 0 Å². The Hall–Kier alpha value is 0.01000. The van der Waals surface area contributed by atoms with Gasteiger partial charge in [-0.15, -0.1) is 11.3 Å². The summed E-state index contributed by atoms with van der Waals surface area (Å²) < 4.78 is -0.620. The summed E-state index contributed by atoms with van der Waals surface area (Å²) in [7, 11) is 0. The Morgan fingerprint density at radius 2 is 1.87 bits per heavy atom. The third-order valence-electron chi connectivity index (χ3n) is 2.12. The summed E-state index contributed by atoms with van der Waals surface area (Å²) in [6.45, 7) is 0. The molecule has 0 saturated heterocycles. The molecule has 1 heterocycles. The summed E-state index contributed by atoms with van der Waals surface area (Å²) >= 11 is 18.5. The number of benzene rings is 1. The van der Waals surface area contributed by atoms with Crippen molar-refractivity contribution in [2.24, 2.45) is 0 Å². The number of aliphatic hydroxyl groups excluding tert-OH is 1. The van der Waals surface area contributed by atoms with Gasteiger partial charge in [0.25, 0.3) is 0 Å². The Morgan fingerprint density at radius 3 is 2.53 bits per heavy atom. The predicted octanol–water partition coefficient (Wildman–Crippen LogP) is 4.30. The van der Waals surface area contributed by atoms with Crippen LogP contribution in [0.3, 0.4) is 0 Å². The molecule has 0 fully saturated rings. The smallest absolute Gasteiger partial charge is 0.220 e. The van der Waals surface area contributed by atoms with Crippen LogP contribution >= 0.6 is 46.1 Å². The second-order valence-electron chi connectivity index (χ2n) is 3.13. The second-order valence-corrected chi connectivity index (χ2v) is 6.41. The van der Waals surface area contributed by atoms with E-state index in [4.69, 9.17) is 34.8 Å². The maximum Gasteiger partial charge on any atom is 0.220 e. The molecule has 2 rings (SSSR count). The van der Waals surface area contributed by atoms with Gasteiger partial charge in [-0.1, -0.05) is 53.0 Å². The second kappa shape index (κ2) is 4.11. The van der Waals surface area contributed by atoms with Gasteiger partial charge >= 0.3 is 0 Å². The van der Waals surface area contributed by atoms with Gasteiger partial charge in [0.15, 0.2) is 0 Å². The van der Waals surface area contributed by atoms with E-state index in [9.17, 15) is 5.11 Å². The molecular weight excluding hydrogens is 275 g/mol. The monoisotopic (exact) mass is 280 g/mol. The summed E-state index contributed by atoms with van der Waals surface area (Å²) in [5.41, 5.74) is 0.663. The van der Waals surface area contributed by atoms with Gasteiger partial charge in [-0.05, 0) is 16.8 Å². The zero-order valence-electron chi connectivity index (χ0n) is 7.45. The highest BCUT2D eigenvalue weighted by atomic mass is 35.6. The molecule has 2 aromatic rings. The van der Waals surface area contributed by atoms with E-state index in [1.165, 1.54) is 11.3 Å². The van der Waals surface area contributed by atoms with Crippen LogP contribution in [-0.4, -0.2) is 8.90 Å². The fourth-order valence-electron chi connectivity index (χ4n) is 1.39. The summed E-state index contributed by atoms with van der Waals surface area (Å²) in [4.78, 5) is 0. The summed E-state index contributed by atoms with van der Waals surface area (Å²) in [6.07, 6.45) is -1.10. The average molecular weight is 282 g/mol. The van der Waals surface area contributed by atoms with Crippen molar-refractivity contribution in [2.45, 2.75) is 9.90 Å². The normalized spacial score (nSPS) is 14.4. The van der Waals surface area contributed by atoms with Crippen LogP contribution in [0.25, 0.3) is 10.1 Å². The van der Waals surface area contributed by atoms with Crippen LogP contribution in [0.15, 0.2) is 29.6 Å². The van der Waals surface area contributed by atoms with Gasteiger partial charge in [0.05, 0.1) is 0 Å². The van der Waals surface area contributed by atoms with Gasteiger partial charge in [0, 0.05) is 10.3 Å². The van der Waals surface area contributed by atoms with Crippen molar-refractivity contribution in [3.05, 3.63) is 35.2 Å². The Balaban J connectivity index is 2.53. The SMILES string of the molecule is OC(c1csc2ccccc12)C(Cl)(Cl)Cl. The highest BCUT2D eigenvalue weighted by molar-refractivity contribution is 7.17. The van der Waals surface area contributed by atoms with Crippen LogP contribution in [0, 0.1) is 0 Å². The van der Waals surface area contributed by atoms with E-state index >= 15 is 0 Å². The highest BCUT2D eigenvalue weighted by Gasteiger charge is 2.33. The molecule has 0 aliphatic heterocycles. The van der Waals surface area contributed by atoms with E-state index in [0.29, 0.717) is 5.56 Å². The fourth-order valence-corrected chi connectivity index (χ4v) is 2.72. The van der Waals surface area contributed by atoms with Crippen molar-refractivity contribution < 1.29 is 5.11 Å². The molecular formula is C10H7Cl3OS. The van der Waals surface area contributed by atoms with Crippen molar-refractivity contribution in [3.63, 3.8) is 0 Å². The van der Waals surface area contributed by atoms with E-state index < -0.39 is 9.90 Å². The standard InChI is InChI=1S/C10H7Cl3OS/c11-10(12,13)9(14)7-5-15-8-4-2-1-3-6(7)8/h1-5,9,14H. The van der Waals surface area contributed by atoms with Gasteiger partial charge in [0.1, 0.15) is 6.10 Å². The summed E-state index contributed by atoms with van der Waals surface area (Å²) in [6, 6.07) is 7.70.